The number of nitrogens with zero attached hydrogens (tertiary/aromatic N) is 1. The van der Waals surface area contributed by atoms with E-state index < -0.39 is 0 Å². The predicted octanol–water partition coefficient (Wildman–Crippen LogP) is 2.92. The lowest BCUT2D eigenvalue weighted by Crippen LogP contribution is -2.58. The molecular formula is C19H26N2O. The molecule has 0 spiro atoms. The fourth-order valence-corrected chi connectivity index (χ4v) is 4.38. The fraction of sp³-hybridized carbons (Fsp3) is 0.632. The highest BCUT2D eigenvalue weighted by Gasteiger charge is 2.44. The summed E-state index contributed by atoms with van der Waals surface area (Å²) in [6.45, 7) is 2.04. The number of carbonyl (C=O) groups excluding carboxylic acids is 1. The van der Waals surface area contributed by atoms with Crippen molar-refractivity contribution in [2.75, 3.05) is 13.1 Å². The first-order valence-corrected chi connectivity index (χ1v) is 8.93. The highest BCUT2D eigenvalue weighted by molar-refractivity contribution is 5.81. The van der Waals surface area contributed by atoms with Crippen LogP contribution in [-0.2, 0) is 4.79 Å². The molecule has 1 saturated carbocycles. The Labute approximate surface area is 133 Å². The summed E-state index contributed by atoms with van der Waals surface area (Å²) in [7, 11) is 0. The molecule has 22 heavy (non-hydrogen) atoms. The average Bonchev–Trinajstić information content (AvgIpc) is 3.41. The normalized spacial score (nSPS) is 32.2. The second-order valence-corrected chi connectivity index (χ2v) is 7.16. The molecule has 1 aromatic carbocycles. The van der Waals surface area contributed by atoms with E-state index in [1.165, 1.54) is 18.4 Å². The lowest BCUT2D eigenvalue weighted by molar-refractivity contribution is -0.136. The summed E-state index contributed by atoms with van der Waals surface area (Å²) >= 11 is 0. The molecule has 3 heteroatoms. The van der Waals surface area contributed by atoms with Crippen LogP contribution in [0.2, 0.25) is 0 Å². The number of rotatable bonds is 2. The quantitative estimate of drug-likeness (QED) is 0.910. The van der Waals surface area contributed by atoms with Gasteiger partial charge in [-0.1, -0.05) is 36.8 Å². The third-order valence-electron chi connectivity index (χ3n) is 5.65. The molecule has 2 heterocycles. The van der Waals surface area contributed by atoms with E-state index in [-0.39, 0.29) is 0 Å². The maximum absolute atomic E-state index is 12.8. The molecule has 1 aliphatic carbocycles. The lowest BCUT2D eigenvalue weighted by Gasteiger charge is -2.44. The van der Waals surface area contributed by atoms with Crippen molar-refractivity contribution >= 4 is 5.91 Å². The van der Waals surface area contributed by atoms with Gasteiger partial charge >= 0.3 is 0 Å². The van der Waals surface area contributed by atoms with Crippen LogP contribution in [0, 0.1) is 5.92 Å². The third kappa shape index (κ3) is 2.67. The van der Waals surface area contributed by atoms with Crippen molar-refractivity contribution in [3.05, 3.63) is 35.9 Å². The Morgan fingerprint density at radius 3 is 2.64 bits per heavy atom. The molecule has 2 saturated heterocycles. The van der Waals surface area contributed by atoms with E-state index in [1.807, 2.05) is 0 Å². The van der Waals surface area contributed by atoms with E-state index in [1.54, 1.807) is 0 Å². The monoisotopic (exact) mass is 298 g/mol. The van der Waals surface area contributed by atoms with Crippen LogP contribution < -0.4 is 5.32 Å². The van der Waals surface area contributed by atoms with Crippen LogP contribution in [-0.4, -0.2) is 36.0 Å². The van der Waals surface area contributed by atoms with Gasteiger partial charge in [-0.15, -0.1) is 0 Å². The average molecular weight is 298 g/mol. The zero-order valence-electron chi connectivity index (χ0n) is 13.2. The van der Waals surface area contributed by atoms with E-state index >= 15 is 0 Å². The predicted molar refractivity (Wildman–Crippen MR) is 87.7 cm³/mol. The molecule has 118 valence electrons. The number of nitrogens with one attached hydrogen (secondary N) is 1. The fourth-order valence-electron chi connectivity index (χ4n) is 4.38. The highest BCUT2D eigenvalue weighted by atomic mass is 16.2. The van der Waals surface area contributed by atoms with Gasteiger partial charge in [0, 0.05) is 24.4 Å². The van der Waals surface area contributed by atoms with Crippen LogP contribution >= 0.6 is 0 Å². The summed E-state index contributed by atoms with van der Waals surface area (Å²) in [5.41, 5.74) is 1.41. The van der Waals surface area contributed by atoms with Gasteiger partial charge in [0.1, 0.15) is 0 Å². The first-order chi connectivity index (χ1) is 10.8. The third-order valence-corrected chi connectivity index (χ3v) is 5.65. The van der Waals surface area contributed by atoms with Crippen LogP contribution in [0.3, 0.4) is 0 Å². The van der Waals surface area contributed by atoms with Gasteiger partial charge in [0.15, 0.2) is 0 Å². The Balaban J connectivity index is 1.66. The van der Waals surface area contributed by atoms with Crippen LogP contribution in [0.5, 0.6) is 0 Å². The van der Waals surface area contributed by atoms with Crippen LogP contribution in [0.25, 0.3) is 0 Å². The van der Waals surface area contributed by atoms with Gasteiger partial charge in [-0.3, -0.25) is 4.79 Å². The van der Waals surface area contributed by atoms with Crippen LogP contribution in [0.4, 0.5) is 0 Å². The number of fused-ring (bicyclic) bond motifs is 1. The van der Waals surface area contributed by atoms with Crippen LogP contribution in [0.15, 0.2) is 30.3 Å². The Bertz CT molecular complexity index is 525. The summed E-state index contributed by atoms with van der Waals surface area (Å²) in [6, 6.07) is 11.7. The summed E-state index contributed by atoms with van der Waals surface area (Å²) in [4.78, 5) is 15.1. The van der Waals surface area contributed by atoms with Gasteiger partial charge in [0.05, 0.1) is 6.04 Å². The number of amides is 1. The second kappa shape index (κ2) is 6.04. The van der Waals surface area contributed by atoms with E-state index in [0.29, 0.717) is 29.8 Å². The van der Waals surface area contributed by atoms with Gasteiger partial charge in [0.2, 0.25) is 5.91 Å². The molecule has 2 aliphatic heterocycles. The Morgan fingerprint density at radius 1 is 1.05 bits per heavy atom. The molecule has 1 amide bonds. The molecule has 3 nitrogen and oxygen atoms in total. The van der Waals surface area contributed by atoms with Crippen molar-refractivity contribution < 1.29 is 4.79 Å². The molecule has 1 aromatic rings. The molecule has 1 N–H and O–H groups in total. The molecule has 0 bridgehead atoms. The summed E-state index contributed by atoms with van der Waals surface area (Å²) in [5.74, 6) is 1.26. The number of benzene rings is 1. The van der Waals surface area contributed by atoms with Crippen molar-refractivity contribution in [3.8, 4) is 0 Å². The zero-order chi connectivity index (χ0) is 14.9. The Morgan fingerprint density at radius 2 is 1.86 bits per heavy atom. The van der Waals surface area contributed by atoms with Gasteiger partial charge in [0.25, 0.3) is 0 Å². The number of likely N-dealkylation sites (tertiary alicyclic amines) is 1. The number of hydrogen-bond donors (Lipinski definition) is 1. The van der Waals surface area contributed by atoms with E-state index in [9.17, 15) is 4.79 Å². The first-order valence-electron chi connectivity index (χ1n) is 8.93. The van der Waals surface area contributed by atoms with Crippen molar-refractivity contribution in [3.63, 3.8) is 0 Å². The van der Waals surface area contributed by atoms with Crippen molar-refractivity contribution in [1.29, 1.82) is 0 Å². The molecule has 0 radical (unpaired) electrons. The largest absolute Gasteiger partial charge is 0.337 e. The van der Waals surface area contributed by atoms with Gasteiger partial charge in [-0.25, -0.2) is 0 Å². The molecule has 3 aliphatic rings. The van der Waals surface area contributed by atoms with Crippen LogP contribution in [0.1, 0.15) is 50.0 Å². The van der Waals surface area contributed by atoms with Gasteiger partial charge in [-0.05, 0) is 44.2 Å². The maximum atomic E-state index is 12.8. The molecule has 4 rings (SSSR count). The first kappa shape index (κ1) is 14.3. The maximum Gasteiger partial charge on any atom is 0.226 e. The van der Waals surface area contributed by atoms with E-state index in [0.717, 1.165) is 38.8 Å². The minimum atomic E-state index is 0.331. The molecule has 3 fully saturated rings. The lowest BCUT2D eigenvalue weighted by atomic mass is 9.80. The summed E-state index contributed by atoms with van der Waals surface area (Å²) < 4.78 is 0. The molecule has 0 aromatic heterocycles. The standard InChI is InChI=1S/C19H26N2O/c22-19(15-9-10-15)21-13-5-4-8-17-18(21)16(11-12-20-17)14-6-2-1-3-7-14/h1-3,6-7,15-18,20H,4-5,8-13H2/t16-,17-,18-/m1/s1. The van der Waals surface area contributed by atoms with E-state index in [4.69, 9.17) is 0 Å². The number of piperidine rings is 1. The van der Waals surface area contributed by atoms with E-state index in [2.05, 4.69) is 40.5 Å². The Kier molecular flexibility index (Phi) is 3.91. The zero-order valence-corrected chi connectivity index (χ0v) is 13.2. The molecular weight excluding hydrogens is 272 g/mol. The molecule has 3 atom stereocenters. The minimum Gasteiger partial charge on any atom is -0.337 e. The SMILES string of the molecule is O=C(C1CC1)N1CCCC[C@H]2NCC[C@H](c3ccccc3)[C@H]21. The summed E-state index contributed by atoms with van der Waals surface area (Å²) in [5, 5.41) is 3.71. The van der Waals surface area contributed by atoms with Crippen molar-refractivity contribution in [2.45, 2.75) is 56.5 Å². The topological polar surface area (TPSA) is 32.3 Å². The highest BCUT2D eigenvalue weighted by Crippen LogP contribution is 2.39. The summed E-state index contributed by atoms with van der Waals surface area (Å²) in [6.07, 6.45) is 6.97. The molecule has 0 unspecified atom stereocenters. The van der Waals surface area contributed by atoms with Crippen molar-refractivity contribution in [2.24, 2.45) is 5.92 Å². The van der Waals surface area contributed by atoms with Crippen molar-refractivity contribution in [1.82, 2.24) is 10.2 Å². The Hall–Kier alpha value is -1.35. The number of carbonyl (C=O) groups is 1. The number of hydrogen-bond acceptors (Lipinski definition) is 2. The van der Waals surface area contributed by atoms with Gasteiger partial charge in [-0.2, -0.15) is 0 Å². The smallest absolute Gasteiger partial charge is 0.226 e. The van der Waals surface area contributed by atoms with Gasteiger partial charge < -0.3 is 10.2 Å². The second-order valence-electron chi connectivity index (χ2n) is 7.16. The minimum absolute atomic E-state index is 0.331.